The van der Waals surface area contributed by atoms with E-state index in [2.05, 4.69) is 30.3 Å². The molecule has 218 valence electrons. The Morgan fingerprint density at radius 1 is 1.07 bits per heavy atom. The molecule has 0 saturated heterocycles. The molecule has 1 heterocycles. The second-order valence-electron chi connectivity index (χ2n) is 11.6. The fourth-order valence-corrected chi connectivity index (χ4v) is 7.11. The van der Waals surface area contributed by atoms with Crippen molar-refractivity contribution >= 4 is 52.4 Å². The Balaban J connectivity index is 1.38. The molecule has 1 aliphatic rings. The fraction of sp³-hybridized carbons (Fsp3) is 0.314. The Morgan fingerprint density at radius 2 is 1.86 bits per heavy atom. The van der Waals surface area contributed by atoms with Crippen LogP contribution in [-0.2, 0) is 16.8 Å². The molecule has 0 bridgehead atoms. The minimum absolute atomic E-state index is 0.116. The highest BCUT2D eigenvalue weighted by Crippen LogP contribution is 2.53. The van der Waals surface area contributed by atoms with E-state index in [4.69, 9.17) is 16.6 Å². The van der Waals surface area contributed by atoms with Gasteiger partial charge in [0.2, 0.25) is 0 Å². The van der Waals surface area contributed by atoms with Gasteiger partial charge in [-0.1, -0.05) is 78.3 Å². The highest BCUT2D eigenvalue weighted by molar-refractivity contribution is 7.99. The lowest BCUT2D eigenvalue weighted by Crippen LogP contribution is -2.27. The average molecular weight is 602 g/mol. The van der Waals surface area contributed by atoms with Gasteiger partial charge in [0, 0.05) is 21.4 Å². The van der Waals surface area contributed by atoms with E-state index in [9.17, 15) is 20.1 Å². The average Bonchev–Trinajstić information content (AvgIpc) is 3.74. The quantitative estimate of drug-likeness (QED) is 0.144. The zero-order valence-corrected chi connectivity index (χ0v) is 25.2. The first kappa shape index (κ1) is 30.3. The van der Waals surface area contributed by atoms with Crippen LogP contribution in [0, 0.1) is 5.41 Å². The molecule has 3 aromatic carbocycles. The number of fused-ring (bicyclic) bond motifs is 1. The number of benzene rings is 3. The van der Waals surface area contributed by atoms with Crippen molar-refractivity contribution in [1.82, 2.24) is 4.98 Å². The molecule has 42 heavy (non-hydrogen) atoms. The number of hydrogen-bond acceptors (Lipinski definition) is 5. The number of thioether (sulfide) groups is 1. The topological polar surface area (TPSA) is 90.7 Å². The van der Waals surface area contributed by atoms with E-state index in [1.54, 1.807) is 6.92 Å². The van der Waals surface area contributed by atoms with E-state index in [1.165, 1.54) is 5.56 Å². The minimum Gasteiger partial charge on any atom is -0.481 e. The molecule has 0 spiro atoms. The Kier molecular flexibility index (Phi) is 9.38. The van der Waals surface area contributed by atoms with E-state index < -0.39 is 11.6 Å². The van der Waals surface area contributed by atoms with E-state index in [-0.39, 0.29) is 23.7 Å². The summed E-state index contributed by atoms with van der Waals surface area (Å²) in [5, 5.41) is 31.9. The summed E-state index contributed by atoms with van der Waals surface area (Å²) in [6.07, 6.45) is 7.71. The molecular formula is C35H36ClNO4S. The summed E-state index contributed by atoms with van der Waals surface area (Å²) in [5.74, 6) is 0.0605. The normalized spacial score (nSPS) is 16.4. The van der Waals surface area contributed by atoms with Crippen molar-refractivity contribution in [3.05, 3.63) is 112 Å². The van der Waals surface area contributed by atoms with E-state index >= 15 is 0 Å². The van der Waals surface area contributed by atoms with Crippen molar-refractivity contribution in [3.8, 4) is 0 Å². The molecule has 2 atom stereocenters. The third-order valence-corrected chi connectivity index (χ3v) is 9.98. The van der Waals surface area contributed by atoms with Gasteiger partial charge in [0.1, 0.15) is 5.60 Å². The van der Waals surface area contributed by atoms with Crippen molar-refractivity contribution in [1.29, 1.82) is 0 Å². The van der Waals surface area contributed by atoms with Crippen LogP contribution in [-0.4, -0.2) is 38.6 Å². The van der Waals surface area contributed by atoms with Crippen molar-refractivity contribution in [3.63, 3.8) is 0 Å². The zero-order chi connectivity index (χ0) is 29.7. The van der Waals surface area contributed by atoms with Gasteiger partial charge < -0.3 is 15.3 Å². The van der Waals surface area contributed by atoms with Crippen LogP contribution < -0.4 is 0 Å². The summed E-state index contributed by atoms with van der Waals surface area (Å²) >= 11 is 7.99. The predicted octanol–water partition coefficient (Wildman–Crippen LogP) is 7.92. The Labute approximate surface area is 256 Å². The van der Waals surface area contributed by atoms with Crippen LogP contribution in [0.3, 0.4) is 0 Å². The molecule has 0 unspecified atom stereocenters. The number of carbonyl (C=O) groups is 1. The summed E-state index contributed by atoms with van der Waals surface area (Å²) in [6, 6.07) is 25.9. The van der Waals surface area contributed by atoms with Crippen LogP contribution in [0.15, 0.2) is 78.9 Å². The van der Waals surface area contributed by atoms with E-state index in [1.807, 2.05) is 72.4 Å². The number of aliphatic hydroxyl groups excluding tert-OH is 1. The number of aliphatic hydroxyl groups is 2. The minimum atomic E-state index is -1.31. The third-order valence-electron chi connectivity index (χ3n) is 8.06. The van der Waals surface area contributed by atoms with Gasteiger partial charge in [0.15, 0.2) is 0 Å². The molecule has 0 aliphatic heterocycles. The number of carboxylic acid groups (broad SMARTS) is 1. The van der Waals surface area contributed by atoms with Gasteiger partial charge >= 0.3 is 5.97 Å². The van der Waals surface area contributed by atoms with E-state index in [0.717, 1.165) is 64.7 Å². The van der Waals surface area contributed by atoms with Gasteiger partial charge in [-0.15, -0.1) is 0 Å². The molecule has 0 radical (unpaired) electrons. The molecule has 1 saturated carbocycles. The summed E-state index contributed by atoms with van der Waals surface area (Å²) in [7, 11) is 0. The molecule has 1 aromatic heterocycles. The maximum atomic E-state index is 11.5. The molecule has 7 heteroatoms. The summed E-state index contributed by atoms with van der Waals surface area (Å²) in [4.78, 5) is 16.2. The number of rotatable bonds is 13. The first-order valence-corrected chi connectivity index (χ1v) is 15.7. The predicted molar refractivity (Wildman–Crippen MR) is 173 cm³/mol. The molecule has 5 nitrogen and oxygen atoms in total. The number of halogens is 1. The van der Waals surface area contributed by atoms with Crippen LogP contribution >= 0.6 is 23.4 Å². The van der Waals surface area contributed by atoms with Gasteiger partial charge in [0.05, 0.1) is 24.2 Å². The number of aliphatic carboxylic acids is 1. The number of aromatic nitrogens is 1. The van der Waals surface area contributed by atoms with Crippen molar-refractivity contribution < 1.29 is 20.1 Å². The standard InChI is InChI=1S/C35H36ClNO4S/c1-34(41,22-38)30-8-3-2-6-25(30)12-16-32(42-23-35(17-18-35)21-33(39)40)27-7-4-5-24(19-27)9-14-29-15-11-26-10-13-28(36)20-31(26)37-29/h2-11,13-15,19-20,32,38,41H,12,16-18,21-23H2,1H3,(H,39,40)/b14-9+/t32-,34+/m0/s1. The third kappa shape index (κ3) is 7.61. The van der Waals surface area contributed by atoms with Crippen LogP contribution in [0.5, 0.6) is 0 Å². The Bertz CT molecular complexity index is 1600. The molecule has 5 rings (SSSR count). The molecular weight excluding hydrogens is 566 g/mol. The van der Waals surface area contributed by atoms with Crippen LogP contribution in [0.4, 0.5) is 0 Å². The maximum Gasteiger partial charge on any atom is 0.303 e. The number of nitrogens with zero attached hydrogens (tertiary/aromatic N) is 1. The van der Waals surface area contributed by atoms with Gasteiger partial charge in [-0.2, -0.15) is 11.8 Å². The second kappa shape index (κ2) is 13.0. The first-order chi connectivity index (χ1) is 20.2. The lowest BCUT2D eigenvalue weighted by atomic mass is 9.89. The summed E-state index contributed by atoms with van der Waals surface area (Å²) in [6.45, 7) is 1.28. The SMILES string of the molecule is C[C@@](O)(CO)c1ccccc1CC[C@H](SCC1(CC(=O)O)CC1)c1cccc(/C=C/c2ccc3ccc(Cl)cc3n2)c1. The van der Waals surface area contributed by atoms with Crippen LogP contribution in [0.2, 0.25) is 5.02 Å². The molecule has 1 fully saturated rings. The van der Waals surface area contributed by atoms with Gasteiger partial charge in [-0.3, -0.25) is 4.79 Å². The number of pyridine rings is 1. The first-order valence-electron chi connectivity index (χ1n) is 14.3. The highest BCUT2D eigenvalue weighted by atomic mass is 35.5. The monoisotopic (exact) mass is 601 g/mol. The largest absolute Gasteiger partial charge is 0.481 e. The van der Waals surface area contributed by atoms with Crippen LogP contribution in [0.1, 0.15) is 65.8 Å². The Hall–Kier alpha value is -3.16. The summed E-state index contributed by atoms with van der Waals surface area (Å²) < 4.78 is 0. The number of aryl methyl sites for hydroxylation is 1. The second-order valence-corrected chi connectivity index (χ2v) is 13.2. The van der Waals surface area contributed by atoms with Gasteiger partial charge in [-0.25, -0.2) is 4.98 Å². The molecule has 4 aromatic rings. The molecule has 3 N–H and O–H groups in total. The smallest absolute Gasteiger partial charge is 0.303 e. The van der Waals surface area contributed by atoms with Crippen molar-refractivity contribution in [2.45, 2.75) is 49.9 Å². The van der Waals surface area contributed by atoms with Gasteiger partial charge in [-0.05, 0) is 84.6 Å². The fourth-order valence-electron chi connectivity index (χ4n) is 5.37. The number of carboxylic acids is 1. The molecule has 0 amide bonds. The lowest BCUT2D eigenvalue weighted by molar-refractivity contribution is -0.138. The maximum absolute atomic E-state index is 11.5. The summed E-state index contributed by atoms with van der Waals surface area (Å²) in [5.41, 5.74) is 4.25. The Morgan fingerprint density at radius 3 is 2.62 bits per heavy atom. The highest BCUT2D eigenvalue weighted by Gasteiger charge is 2.44. The van der Waals surface area contributed by atoms with Gasteiger partial charge in [0.25, 0.3) is 0 Å². The number of hydrogen-bond donors (Lipinski definition) is 3. The van der Waals surface area contributed by atoms with Crippen molar-refractivity contribution in [2.24, 2.45) is 5.41 Å². The van der Waals surface area contributed by atoms with Crippen LogP contribution in [0.25, 0.3) is 23.1 Å². The van der Waals surface area contributed by atoms with Crippen molar-refractivity contribution in [2.75, 3.05) is 12.4 Å². The van der Waals surface area contributed by atoms with E-state index in [0.29, 0.717) is 5.02 Å². The lowest BCUT2D eigenvalue weighted by Gasteiger charge is -2.25. The molecule has 1 aliphatic carbocycles. The zero-order valence-electron chi connectivity index (χ0n) is 23.7.